The Morgan fingerprint density at radius 1 is 1.15 bits per heavy atom. The molecule has 0 bridgehead atoms. The number of amides is 2. The molecule has 140 valence electrons. The zero-order valence-corrected chi connectivity index (χ0v) is 15.5. The van der Waals surface area contributed by atoms with Crippen LogP contribution >= 0.6 is 0 Å². The SMILES string of the molecule is CC(=O)N/C(=C\c1ccccc1)C(=O)OCC(=O)N1[C@H](C)CCC[C@H]1C. The first-order valence-electron chi connectivity index (χ1n) is 8.91. The number of esters is 1. The zero-order chi connectivity index (χ0) is 19.1. The highest BCUT2D eigenvalue weighted by Gasteiger charge is 2.29. The van der Waals surface area contributed by atoms with Gasteiger partial charge in [-0.05, 0) is 44.7 Å². The molecular formula is C20H26N2O4. The number of rotatable bonds is 5. The minimum Gasteiger partial charge on any atom is -0.451 e. The number of carbonyl (C=O) groups excluding carboxylic acids is 3. The van der Waals surface area contributed by atoms with E-state index in [9.17, 15) is 14.4 Å². The van der Waals surface area contributed by atoms with Gasteiger partial charge < -0.3 is 15.0 Å². The molecule has 1 aromatic rings. The van der Waals surface area contributed by atoms with Gasteiger partial charge >= 0.3 is 5.97 Å². The molecule has 2 rings (SSSR count). The normalized spacial score (nSPS) is 20.4. The van der Waals surface area contributed by atoms with E-state index in [0.29, 0.717) is 0 Å². The number of benzene rings is 1. The molecule has 1 N–H and O–H groups in total. The first-order chi connectivity index (χ1) is 12.4. The standard InChI is InChI=1S/C20H26N2O4/c1-14-8-7-9-15(2)22(14)19(24)13-26-20(25)18(21-16(3)23)12-17-10-5-4-6-11-17/h4-6,10-12,14-15H,7-9,13H2,1-3H3,(H,21,23)/b18-12-/t14-,15-/m1/s1. The molecule has 1 aromatic carbocycles. The minimum absolute atomic E-state index is 0.0104. The van der Waals surface area contributed by atoms with Crippen molar-refractivity contribution in [3.63, 3.8) is 0 Å². The molecule has 0 saturated carbocycles. The van der Waals surface area contributed by atoms with Crippen molar-refractivity contribution in [2.24, 2.45) is 0 Å². The quantitative estimate of drug-likeness (QED) is 0.648. The van der Waals surface area contributed by atoms with Crippen LogP contribution in [0.1, 0.15) is 45.6 Å². The molecule has 0 spiro atoms. The molecule has 1 aliphatic rings. The number of piperidine rings is 1. The van der Waals surface area contributed by atoms with Crippen molar-refractivity contribution in [1.29, 1.82) is 0 Å². The summed E-state index contributed by atoms with van der Waals surface area (Å²) in [6.07, 6.45) is 4.53. The summed E-state index contributed by atoms with van der Waals surface area (Å²) in [5, 5.41) is 2.47. The molecule has 0 aromatic heterocycles. The summed E-state index contributed by atoms with van der Waals surface area (Å²) in [6.45, 7) is 4.99. The second-order valence-electron chi connectivity index (χ2n) is 6.66. The number of hydrogen-bond donors (Lipinski definition) is 1. The van der Waals surface area contributed by atoms with Crippen molar-refractivity contribution in [1.82, 2.24) is 10.2 Å². The Kier molecular flexibility index (Phi) is 6.95. The molecule has 2 atom stereocenters. The van der Waals surface area contributed by atoms with Gasteiger partial charge in [-0.3, -0.25) is 9.59 Å². The number of carbonyl (C=O) groups is 3. The lowest BCUT2D eigenvalue weighted by atomic mass is 9.97. The second-order valence-corrected chi connectivity index (χ2v) is 6.66. The molecule has 2 amide bonds. The third-order valence-electron chi connectivity index (χ3n) is 4.45. The second kappa shape index (κ2) is 9.17. The lowest BCUT2D eigenvalue weighted by Gasteiger charge is -2.38. The molecule has 0 unspecified atom stereocenters. The Morgan fingerprint density at radius 3 is 2.35 bits per heavy atom. The Labute approximate surface area is 154 Å². The average Bonchev–Trinajstić information content (AvgIpc) is 2.59. The summed E-state index contributed by atoms with van der Waals surface area (Å²) in [5.74, 6) is -1.32. The van der Waals surface area contributed by atoms with E-state index < -0.39 is 5.97 Å². The summed E-state index contributed by atoms with van der Waals surface area (Å²) in [4.78, 5) is 38.0. The fourth-order valence-electron chi connectivity index (χ4n) is 3.24. The summed E-state index contributed by atoms with van der Waals surface area (Å²) < 4.78 is 5.18. The highest BCUT2D eigenvalue weighted by Crippen LogP contribution is 2.22. The van der Waals surface area contributed by atoms with E-state index in [4.69, 9.17) is 4.74 Å². The van der Waals surface area contributed by atoms with Gasteiger partial charge in [0.15, 0.2) is 6.61 Å². The van der Waals surface area contributed by atoms with Crippen LogP contribution in [-0.4, -0.2) is 41.4 Å². The van der Waals surface area contributed by atoms with E-state index >= 15 is 0 Å². The smallest absolute Gasteiger partial charge is 0.355 e. The molecule has 26 heavy (non-hydrogen) atoms. The van der Waals surface area contributed by atoms with Gasteiger partial charge in [-0.2, -0.15) is 0 Å². The van der Waals surface area contributed by atoms with E-state index in [1.54, 1.807) is 17.0 Å². The average molecular weight is 358 g/mol. The van der Waals surface area contributed by atoms with Crippen LogP contribution in [0.5, 0.6) is 0 Å². The maximum absolute atomic E-state index is 12.5. The monoisotopic (exact) mass is 358 g/mol. The number of nitrogens with zero attached hydrogens (tertiary/aromatic N) is 1. The van der Waals surface area contributed by atoms with Gasteiger partial charge in [-0.25, -0.2) is 4.79 Å². The van der Waals surface area contributed by atoms with Crippen molar-refractivity contribution >= 4 is 23.9 Å². The van der Waals surface area contributed by atoms with E-state index in [1.165, 1.54) is 13.0 Å². The Bertz CT molecular complexity index is 674. The first-order valence-corrected chi connectivity index (χ1v) is 8.91. The van der Waals surface area contributed by atoms with Crippen LogP contribution in [0.2, 0.25) is 0 Å². The van der Waals surface area contributed by atoms with Crippen LogP contribution in [0.15, 0.2) is 36.0 Å². The van der Waals surface area contributed by atoms with Crippen molar-refractivity contribution in [3.05, 3.63) is 41.6 Å². The summed E-state index contributed by atoms with van der Waals surface area (Å²) >= 11 is 0. The fraction of sp³-hybridized carbons (Fsp3) is 0.450. The molecule has 1 heterocycles. The van der Waals surface area contributed by atoms with E-state index in [-0.39, 0.29) is 36.2 Å². The summed E-state index contributed by atoms with van der Waals surface area (Å²) in [5.41, 5.74) is 0.758. The first kappa shape index (κ1) is 19.7. The molecule has 1 fully saturated rings. The van der Waals surface area contributed by atoms with Gasteiger partial charge in [-0.1, -0.05) is 30.3 Å². The lowest BCUT2D eigenvalue weighted by molar-refractivity contribution is -0.152. The molecule has 0 radical (unpaired) electrons. The van der Waals surface area contributed by atoms with Crippen molar-refractivity contribution in [2.45, 2.75) is 52.1 Å². The largest absolute Gasteiger partial charge is 0.451 e. The van der Waals surface area contributed by atoms with Gasteiger partial charge in [0.25, 0.3) is 5.91 Å². The molecule has 6 nitrogen and oxygen atoms in total. The molecule has 6 heteroatoms. The van der Waals surface area contributed by atoms with Crippen LogP contribution < -0.4 is 5.32 Å². The van der Waals surface area contributed by atoms with Gasteiger partial charge in [0.05, 0.1) is 0 Å². The van der Waals surface area contributed by atoms with E-state index in [0.717, 1.165) is 24.8 Å². The third-order valence-corrected chi connectivity index (χ3v) is 4.45. The van der Waals surface area contributed by atoms with Crippen LogP contribution in [0, 0.1) is 0 Å². The summed E-state index contributed by atoms with van der Waals surface area (Å²) in [6, 6.07) is 9.39. The van der Waals surface area contributed by atoms with Crippen LogP contribution in [0.4, 0.5) is 0 Å². The van der Waals surface area contributed by atoms with Crippen molar-refractivity contribution in [3.8, 4) is 0 Å². The van der Waals surface area contributed by atoms with Crippen LogP contribution in [0.25, 0.3) is 6.08 Å². The summed E-state index contributed by atoms with van der Waals surface area (Å²) in [7, 11) is 0. The Morgan fingerprint density at radius 2 is 1.77 bits per heavy atom. The van der Waals surface area contributed by atoms with Gasteiger partial charge in [0, 0.05) is 19.0 Å². The fourth-order valence-corrected chi connectivity index (χ4v) is 3.24. The van der Waals surface area contributed by atoms with Gasteiger partial charge in [-0.15, -0.1) is 0 Å². The van der Waals surface area contributed by atoms with Crippen molar-refractivity contribution < 1.29 is 19.1 Å². The van der Waals surface area contributed by atoms with Gasteiger partial charge in [0.1, 0.15) is 5.70 Å². The molecular weight excluding hydrogens is 332 g/mol. The molecule has 0 aliphatic carbocycles. The van der Waals surface area contributed by atoms with Crippen LogP contribution in [-0.2, 0) is 19.1 Å². The maximum atomic E-state index is 12.5. The Hall–Kier alpha value is -2.63. The number of ether oxygens (including phenoxy) is 1. The highest BCUT2D eigenvalue weighted by atomic mass is 16.5. The molecule has 1 saturated heterocycles. The number of likely N-dealkylation sites (tertiary alicyclic amines) is 1. The topological polar surface area (TPSA) is 75.7 Å². The lowest BCUT2D eigenvalue weighted by Crippen LogP contribution is -2.49. The predicted octanol–water partition coefficient (Wildman–Crippen LogP) is 2.50. The van der Waals surface area contributed by atoms with Crippen molar-refractivity contribution in [2.75, 3.05) is 6.61 Å². The van der Waals surface area contributed by atoms with Gasteiger partial charge in [0.2, 0.25) is 5.91 Å². The third kappa shape index (κ3) is 5.44. The predicted molar refractivity (Wildman–Crippen MR) is 98.8 cm³/mol. The number of hydrogen-bond acceptors (Lipinski definition) is 4. The number of nitrogens with one attached hydrogen (secondary N) is 1. The van der Waals surface area contributed by atoms with Crippen LogP contribution in [0.3, 0.4) is 0 Å². The van der Waals surface area contributed by atoms with E-state index in [2.05, 4.69) is 5.32 Å². The zero-order valence-electron chi connectivity index (χ0n) is 15.5. The maximum Gasteiger partial charge on any atom is 0.355 e. The highest BCUT2D eigenvalue weighted by molar-refractivity contribution is 5.98. The Balaban J connectivity index is 2.03. The van der Waals surface area contributed by atoms with E-state index in [1.807, 2.05) is 32.0 Å². The molecule has 1 aliphatic heterocycles. The minimum atomic E-state index is -0.727.